The van der Waals surface area contributed by atoms with Gasteiger partial charge in [-0.05, 0) is 13.8 Å². The van der Waals surface area contributed by atoms with Gasteiger partial charge in [-0.1, -0.05) is 0 Å². The molecule has 0 radical (unpaired) electrons. The monoisotopic (exact) mass is 125 g/mol. The fourth-order valence-electron chi connectivity index (χ4n) is 0.248. The van der Waals surface area contributed by atoms with E-state index in [2.05, 4.69) is 9.98 Å². The maximum atomic E-state index is 6.91. The van der Waals surface area contributed by atoms with E-state index < -0.39 is 0 Å². The summed E-state index contributed by atoms with van der Waals surface area (Å²) in [7, 11) is 1.70. The second kappa shape index (κ2) is 3.95. The lowest BCUT2D eigenvalue weighted by molar-refractivity contribution is 1.41. The molecule has 3 heteroatoms. The van der Waals surface area contributed by atoms with E-state index >= 15 is 0 Å². The van der Waals surface area contributed by atoms with Gasteiger partial charge in [0.25, 0.3) is 0 Å². The quantitative estimate of drug-likeness (QED) is 0.403. The average molecular weight is 125 g/mol. The molecule has 50 valence electrons. The number of nitrogens with one attached hydrogen (secondary N) is 1. The minimum atomic E-state index is 0.304. The second-order valence-electron chi connectivity index (χ2n) is 1.71. The molecule has 0 atom stereocenters. The smallest absolute Gasteiger partial charge is 0.117 e. The van der Waals surface area contributed by atoms with Crippen LogP contribution in [0.2, 0.25) is 0 Å². The van der Waals surface area contributed by atoms with Crippen LogP contribution in [0.4, 0.5) is 0 Å². The summed E-state index contributed by atoms with van der Waals surface area (Å²) >= 11 is 0. The predicted molar refractivity (Wildman–Crippen MR) is 40.9 cm³/mol. The summed E-state index contributed by atoms with van der Waals surface area (Å²) in [5.74, 6) is 0.304. The molecule has 9 heavy (non-hydrogen) atoms. The van der Waals surface area contributed by atoms with Crippen LogP contribution in [0.5, 0.6) is 0 Å². The van der Waals surface area contributed by atoms with Crippen LogP contribution < -0.4 is 0 Å². The van der Waals surface area contributed by atoms with E-state index in [1.165, 1.54) is 0 Å². The Morgan fingerprint density at radius 1 is 1.44 bits per heavy atom. The van der Waals surface area contributed by atoms with Gasteiger partial charge in [0.2, 0.25) is 0 Å². The third kappa shape index (κ3) is 4.87. The fourth-order valence-corrected chi connectivity index (χ4v) is 0.248. The van der Waals surface area contributed by atoms with Crippen molar-refractivity contribution < 1.29 is 0 Å². The Hall–Kier alpha value is -0.990. The Kier molecular flexibility index (Phi) is 3.51. The van der Waals surface area contributed by atoms with Crippen LogP contribution in [0.1, 0.15) is 13.8 Å². The Labute approximate surface area is 55.0 Å². The lowest BCUT2D eigenvalue weighted by Gasteiger charge is -1.84. The minimum absolute atomic E-state index is 0.304. The maximum Gasteiger partial charge on any atom is 0.117 e. The summed E-state index contributed by atoms with van der Waals surface area (Å²) in [5.41, 5.74) is 0.835. The molecular formula is C6H11N3. The highest BCUT2D eigenvalue weighted by molar-refractivity contribution is 6.31. The fraction of sp³-hybridized carbons (Fsp3) is 0.500. The lowest BCUT2D eigenvalue weighted by atomic mass is 10.5. The molecule has 0 bridgehead atoms. The highest BCUT2D eigenvalue weighted by Crippen LogP contribution is 1.72. The maximum absolute atomic E-state index is 6.91. The first-order valence-electron chi connectivity index (χ1n) is 2.69. The number of amidine groups is 1. The molecule has 0 aliphatic heterocycles. The topological polar surface area (TPSA) is 48.6 Å². The molecule has 0 saturated heterocycles. The van der Waals surface area contributed by atoms with Crippen LogP contribution in [0, 0.1) is 5.41 Å². The Bertz CT molecular complexity index is 156. The highest BCUT2D eigenvalue weighted by Gasteiger charge is 1.79. The lowest BCUT2D eigenvalue weighted by Crippen LogP contribution is -1.93. The van der Waals surface area contributed by atoms with Crippen molar-refractivity contribution in [3.8, 4) is 0 Å². The van der Waals surface area contributed by atoms with Gasteiger partial charge in [0.1, 0.15) is 5.84 Å². The van der Waals surface area contributed by atoms with E-state index in [1.54, 1.807) is 20.2 Å². The van der Waals surface area contributed by atoms with Crippen molar-refractivity contribution in [1.82, 2.24) is 0 Å². The number of nitrogens with zero attached hydrogens (tertiary/aromatic N) is 2. The minimum Gasteiger partial charge on any atom is -0.292 e. The first-order valence-corrected chi connectivity index (χ1v) is 2.69. The average Bonchev–Trinajstić information content (AvgIpc) is 1.83. The highest BCUT2D eigenvalue weighted by atomic mass is 14.8. The van der Waals surface area contributed by atoms with Crippen LogP contribution in [0.3, 0.4) is 0 Å². The van der Waals surface area contributed by atoms with Gasteiger partial charge in [0.05, 0.1) is 0 Å². The molecule has 0 aromatic carbocycles. The van der Waals surface area contributed by atoms with Gasteiger partial charge in [0, 0.05) is 19.0 Å². The van der Waals surface area contributed by atoms with Gasteiger partial charge in [-0.2, -0.15) is 0 Å². The zero-order valence-corrected chi connectivity index (χ0v) is 5.97. The van der Waals surface area contributed by atoms with Gasteiger partial charge in [-0.15, -0.1) is 0 Å². The first kappa shape index (κ1) is 8.01. The van der Waals surface area contributed by atoms with Crippen molar-refractivity contribution in [1.29, 1.82) is 5.41 Å². The molecule has 0 heterocycles. The summed E-state index contributed by atoms with van der Waals surface area (Å²) in [6, 6.07) is 0. The van der Waals surface area contributed by atoms with Crippen LogP contribution in [-0.2, 0) is 0 Å². The van der Waals surface area contributed by atoms with Crippen molar-refractivity contribution >= 4 is 17.8 Å². The zero-order chi connectivity index (χ0) is 7.28. The van der Waals surface area contributed by atoms with Crippen molar-refractivity contribution in [3.05, 3.63) is 0 Å². The van der Waals surface area contributed by atoms with Crippen molar-refractivity contribution in [2.45, 2.75) is 13.8 Å². The van der Waals surface area contributed by atoms with Crippen LogP contribution in [0.25, 0.3) is 0 Å². The van der Waals surface area contributed by atoms with Gasteiger partial charge >= 0.3 is 0 Å². The van der Waals surface area contributed by atoms with E-state index in [1.807, 2.05) is 6.92 Å². The van der Waals surface area contributed by atoms with Crippen LogP contribution in [0.15, 0.2) is 9.98 Å². The zero-order valence-electron chi connectivity index (χ0n) is 5.97. The molecule has 0 unspecified atom stereocenters. The Morgan fingerprint density at radius 3 is 2.33 bits per heavy atom. The first-order chi connectivity index (χ1) is 4.16. The second-order valence-corrected chi connectivity index (χ2v) is 1.71. The number of aliphatic imine (C=N–C) groups is 2. The molecular weight excluding hydrogens is 114 g/mol. The third-order valence-electron chi connectivity index (χ3n) is 0.798. The molecule has 0 aromatic heterocycles. The third-order valence-corrected chi connectivity index (χ3v) is 0.798. The molecule has 3 nitrogen and oxygen atoms in total. The van der Waals surface area contributed by atoms with Crippen molar-refractivity contribution in [2.24, 2.45) is 9.98 Å². The summed E-state index contributed by atoms with van der Waals surface area (Å²) < 4.78 is 0. The SMILES string of the molecule is C/N=C(C)\C=N/C(C)=N. The molecule has 0 aliphatic carbocycles. The number of hydrogen-bond acceptors (Lipinski definition) is 2. The molecule has 0 amide bonds. The van der Waals surface area contributed by atoms with Gasteiger partial charge in [-0.3, -0.25) is 10.4 Å². The van der Waals surface area contributed by atoms with E-state index in [-0.39, 0.29) is 0 Å². The molecule has 0 aromatic rings. The van der Waals surface area contributed by atoms with E-state index in [0.29, 0.717) is 5.84 Å². The molecule has 0 spiro atoms. The van der Waals surface area contributed by atoms with Gasteiger partial charge < -0.3 is 0 Å². The Balaban J connectivity index is 3.86. The molecule has 0 aliphatic rings. The van der Waals surface area contributed by atoms with Crippen molar-refractivity contribution in [2.75, 3.05) is 7.05 Å². The Morgan fingerprint density at radius 2 is 2.00 bits per heavy atom. The largest absolute Gasteiger partial charge is 0.292 e. The van der Waals surface area contributed by atoms with Crippen LogP contribution in [-0.4, -0.2) is 24.8 Å². The molecule has 0 rings (SSSR count). The van der Waals surface area contributed by atoms with Gasteiger partial charge in [0.15, 0.2) is 0 Å². The summed E-state index contributed by atoms with van der Waals surface area (Å²) in [5, 5.41) is 6.91. The molecule has 0 saturated carbocycles. The van der Waals surface area contributed by atoms with E-state index in [0.717, 1.165) is 5.71 Å². The summed E-state index contributed by atoms with van der Waals surface area (Å²) in [6.07, 6.45) is 1.57. The van der Waals surface area contributed by atoms with Crippen molar-refractivity contribution in [3.63, 3.8) is 0 Å². The number of hydrogen-bond donors (Lipinski definition) is 1. The predicted octanol–water partition coefficient (Wildman–Crippen LogP) is 1.15. The number of rotatable bonds is 1. The van der Waals surface area contributed by atoms with E-state index in [4.69, 9.17) is 5.41 Å². The molecule has 1 N–H and O–H groups in total. The standard InChI is InChI=1S/C6H11N3/c1-5(8-3)4-9-6(2)7/h4,7H,1-3H3/b7-6?,8-5-,9-4-. The summed E-state index contributed by atoms with van der Waals surface area (Å²) in [4.78, 5) is 7.55. The van der Waals surface area contributed by atoms with Gasteiger partial charge in [-0.25, -0.2) is 4.99 Å². The van der Waals surface area contributed by atoms with Crippen LogP contribution >= 0.6 is 0 Å². The summed E-state index contributed by atoms with van der Waals surface area (Å²) in [6.45, 7) is 3.46. The van der Waals surface area contributed by atoms with E-state index in [9.17, 15) is 0 Å². The normalized spacial score (nSPS) is 12.6. The molecule has 0 fully saturated rings.